The summed E-state index contributed by atoms with van der Waals surface area (Å²) in [6.45, 7) is -0.601. The molecule has 10 heteroatoms. The summed E-state index contributed by atoms with van der Waals surface area (Å²) in [5.41, 5.74) is 0.961. The van der Waals surface area contributed by atoms with Gasteiger partial charge in [0, 0.05) is 24.1 Å². The molecule has 1 saturated heterocycles. The van der Waals surface area contributed by atoms with E-state index in [-0.39, 0.29) is 29.4 Å². The fourth-order valence-electron chi connectivity index (χ4n) is 3.87. The number of rotatable bonds is 4. The van der Waals surface area contributed by atoms with Gasteiger partial charge in [0.25, 0.3) is 0 Å². The lowest BCUT2D eigenvalue weighted by Gasteiger charge is -2.43. The van der Waals surface area contributed by atoms with Gasteiger partial charge in [0.1, 0.15) is 53.5 Å². The maximum atomic E-state index is 10.3. The number of phenols is 3. The molecule has 31 heavy (non-hydrogen) atoms. The molecule has 0 radical (unpaired) electrons. The number of benzene rings is 2. The molecule has 2 aromatic carbocycles. The molecule has 7 atom stereocenters. The highest BCUT2D eigenvalue weighted by Crippen LogP contribution is 2.43. The molecule has 0 saturated carbocycles. The average Bonchev–Trinajstić information content (AvgIpc) is 2.74. The van der Waals surface area contributed by atoms with E-state index in [4.69, 9.17) is 14.2 Å². The molecule has 7 N–H and O–H groups in total. The van der Waals surface area contributed by atoms with Crippen molar-refractivity contribution in [3.05, 3.63) is 47.5 Å². The summed E-state index contributed by atoms with van der Waals surface area (Å²) in [6, 6.07) is 8.65. The molecule has 0 aromatic heterocycles. The van der Waals surface area contributed by atoms with Crippen LogP contribution in [0, 0.1) is 0 Å². The molecule has 2 unspecified atom stereocenters. The van der Waals surface area contributed by atoms with Crippen molar-refractivity contribution in [1.29, 1.82) is 0 Å². The monoisotopic (exact) mass is 436 g/mol. The summed E-state index contributed by atoms with van der Waals surface area (Å²) in [7, 11) is 0. The normalized spacial score (nSPS) is 32.8. The van der Waals surface area contributed by atoms with E-state index in [9.17, 15) is 35.7 Å². The van der Waals surface area contributed by atoms with Crippen LogP contribution >= 0.6 is 0 Å². The molecular formula is C21H24O10. The predicted molar refractivity (Wildman–Crippen MR) is 104 cm³/mol. The molecule has 0 spiro atoms. The molecule has 1 fully saturated rings. The summed E-state index contributed by atoms with van der Waals surface area (Å²) in [5, 5.41) is 69.4. The highest BCUT2D eigenvalue weighted by Gasteiger charge is 2.46. The fourth-order valence-corrected chi connectivity index (χ4v) is 3.87. The smallest absolute Gasteiger partial charge is 0.187 e. The van der Waals surface area contributed by atoms with E-state index in [0.29, 0.717) is 11.1 Å². The number of ether oxygens (including phenoxy) is 3. The predicted octanol–water partition coefficient (Wildman–Crippen LogP) is -0.335. The average molecular weight is 436 g/mol. The maximum Gasteiger partial charge on any atom is 0.187 e. The molecule has 0 aliphatic carbocycles. The summed E-state index contributed by atoms with van der Waals surface area (Å²) < 4.78 is 17.3. The lowest BCUT2D eigenvalue weighted by molar-refractivity contribution is -0.317. The van der Waals surface area contributed by atoms with Crippen molar-refractivity contribution in [1.82, 2.24) is 0 Å². The Bertz CT molecular complexity index is 915. The third-order valence-electron chi connectivity index (χ3n) is 5.55. The van der Waals surface area contributed by atoms with Crippen molar-refractivity contribution in [3.63, 3.8) is 0 Å². The number of hydrogen-bond donors (Lipinski definition) is 7. The van der Waals surface area contributed by atoms with Gasteiger partial charge in [-0.2, -0.15) is 0 Å². The van der Waals surface area contributed by atoms with Gasteiger partial charge in [0.15, 0.2) is 12.4 Å². The Morgan fingerprint density at radius 1 is 0.903 bits per heavy atom. The molecule has 0 bridgehead atoms. The van der Waals surface area contributed by atoms with Crippen molar-refractivity contribution in [2.45, 2.75) is 49.3 Å². The van der Waals surface area contributed by atoms with Gasteiger partial charge < -0.3 is 50.0 Å². The number of phenolic OH excluding ortho intramolecular Hbond substituents is 3. The first-order chi connectivity index (χ1) is 14.8. The summed E-state index contributed by atoms with van der Waals surface area (Å²) >= 11 is 0. The first kappa shape index (κ1) is 21.6. The first-order valence-corrected chi connectivity index (χ1v) is 9.75. The molecule has 2 aliphatic rings. The van der Waals surface area contributed by atoms with Crippen LogP contribution in [0.2, 0.25) is 0 Å². The Morgan fingerprint density at radius 2 is 1.61 bits per heavy atom. The minimum atomic E-state index is -1.61. The molecule has 2 aromatic rings. The molecule has 2 aliphatic heterocycles. The largest absolute Gasteiger partial charge is 0.508 e. The second kappa shape index (κ2) is 8.50. The number of fused-ring (bicyclic) bond motifs is 1. The van der Waals surface area contributed by atoms with Crippen molar-refractivity contribution in [2.24, 2.45) is 0 Å². The fraction of sp³-hybridized carbons (Fsp3) is 0.429. The molecule has 0 amide bonds. The summed E-state index contributed by atoms with van der Waals surface area (Å²) in [6.07, 6.45) is -8.80. The second-order valence-electron chi connectivity index (χ2n) is 7.65. The van der Waals surface area contributed by atoms with E-state index in [2.05, 4.69) is 0 Å². The maximum absolute atomic E-state index is 10.3. The van der Waals surface area contributed by atoms with Gasteiger partial charge in [-0.15, -0.1) is 0 Å². The van der Waals surface area contributed by atoms with Crippen LogP contribution in [0.15, 0.2) is 36.4 Å². The van der Waals surface area contributed by atoms with Gasteiger partial charge in [0.2, 0.25) is 0 Å². The van der Waals surface area contributed by atoms with Crippen molar-refractivity contribution < 1.29 is 50.0 Å². The van der Waals surface area contributed by atoms with Crippen LogP contribution in [0.4, 0.5) is 0 Å². The highest BCUT2D eigenvalue weighted by molar-refractivity contribution is 5.51. The Hall–Kier alpha value is -2.60. The zero-order chi connectivity index (χ0) is 22.3. The molecule has 10 nitrogen and oxygen atoms in total. The van der Waals surface area contributed by atoms with Gasteiger partial charge in [-0.1, -0.05) is 12.1 Å². The zero-order valence-electron chi connectivity index (χ0n) is 16.3. The van der Waals surface area contributed by atoms with Crippen LogP contribution < -0.4 is 4.74 Å². The third kappa shape index (κ3) is 4.13. The molecule has 4 rings (SSSR count). The van der Waals surface area contributed by atoms with Crippen LogP contribution in [0.3, 0.4) is 0 Å². The Kier molecular flexibility index (Phi) is 5.93. The standard InChI is InChI=1S/C21H24O10/c22-8-16-17(26)18(27)19(28)21(31-16)30-15-7-12-13(25)5-11(24)6-14(12)29-20(15)9-1-3-10(23)4-2-9/h1-6,15-28H,7-8H2/t15-,16-,17-,18?,19?,20-,21-/m1/s1. The highest BCUT2D eigenvalue weighted by atomic mass is 16.7. The van der Waals surface area contributed by atoms with E-state index in [0.717, 1.165) is 6.07 Å². The van der Waals surface area contributed by atoms with Crippen LogP contribution in [0.5, 0.6) is 23.0 Å². The molecular weight excluding hydrogens is 412 g/mol. The van der Waals surface area contributed by atoms with Gasteiger partial charge in [0.05, 0.1) is 6.61 Å². The Morgan fingerprint density at radius 3 is 2.29 bits per heavy atom. The number of hydrogen-bond acceptors (Lipinski definition) is 10. The van der Waals surface area contributed by atoms with Gasteiger partial charge in [-0.3, -0.25) is 0 Å². The lowest BCUT2D eigenvalue weighted by atomic mass is 9.93. The molecule has 2 heterocycles. The van der Waals surface area contributed by atoms with E-state index in [1.54, 1.807) is 12.1 Å². The van der Waals surface area contributed by atoms with Crippen molar-refractivity contribution >= 4 is 0 Å². The minimum Gasteiger partial charge on any atom is -0.508 e. The van der Waals surface area contributed by atoms with Gasteiger partial charge in [-0.05, 0) is 17.7 Å². The SMILES string of the molecule is OC[C@H]1O[C@@H](O[C@@H]2Cc3c(O)cc(O)cc3O[C@@H]2c2ccc(O)cc2)C(O)C(O)[C@@H]1O. The van der Waals surface area contributed by atoms with Gasteiger partial charge >= 0.3 is 0 Å². The van der Waals surface area contributed by atoms with E-state index in [1.807, 2.05) is 0 Å². The minimum absolute atomic E-state index is 0.0432. The van der Waals surface area contributed by atoms with Crippen molar-refractivity contribution in [3.8, 4) is 23.0 Å². The second-order valence-corrected chi connectivity index (χ2v) is 7.65. The van der Waals surface area contributed by atoms with Crippen molar-refractivity contribution in [2.75, 3.05) is 6.61 Å². The van der Waals surface area contributed by atoms with E-state index < -0.39 is 49.5 Å². The van der Waals surface area contributed by atoms with E-state index >= 15 is 0 Å². The molecule has 168 valence electrons. The number of aromatic hydroxyl groups is 3. The first-order valence-electron chi connectivity index (χ1n) is 9.75. The third-order valence-corrected chi connectivity index (χ3v) is 5.55. The van der Waals surface area contributed by atoms with Crippen LogP contribution in [0.1, 0.15) is 17.2 Å². The number of aliphatic hydroxyl groups is 4. The van der Waals surface area contributed by atoms with Crippen LogP contribution in [-0.4, -0.2) is 79.2 Å². The zero-order valence-corrected chi connectivity index (χ0v) is 16.3. The Labute approximate surface area is 177 Å². The van der Waals surface area contributed by atoms with Gasteiger partial charge in [-0.25, -0.2) is 0 Å². The lowest BCUT2D eigenvalue weighted by Crippen LogP contribution is -2.60. The quantitative estimate of drug-likeness (QED) is 0.337. The summed E-state index contributed by atoms with van der Waals surface area (Å²) in [5.74, 6) is -0.110. The summed E-state index contributed by atoms with van der Waals surface area (Å²) in [4.78, 5) is 0. The van der Waals surface area contributed by atoms with E-state index in [1.165, 1.54) is 18.2 Å². The Balaban J connectivity index is 1.66. The topological polar surface area (TPSA) is 169 Å². The van der Waals surface area contributed by atoms with Crippen LogP contribution in [0.25, 0.3) is 0 Å². The number of aliphatic hydroxyl groups excluding tert-OH is 4. The van der Waals surface area contributed by atoms with Crippen LogP contribution in [-0.2, 0) is 15.9 Å².